The van der Waals surface area contributed by atoms with E-state index >= 15 is 0 Å². The number of hydrogen-bond donors (Lipinski definition) is 4. The third-order valence-electron chi connectivity index (χ3n) is 5.78. The number of nitrogens with one attached hydrogen (secondary N) is 3. The zero-order chi connectivity index (χ0) is 25.7. The highest BCUT2D eigenvalue weighted by Gasteiger charge is 2.21. The lowest BCUT2D eigenvalue weighted by atomic mass is 9.98. The highest BCUT2D eigenvalue weighted by atomic mass is 79.9. The first kappa shape index (κ1) is 25.1. The fourth-order valence-electron chi connectivity index (χ4n) is 3.91. The first-order valence-electron chi connectivity index (χ1n) is 11.3. The van der Waals surface area contributed by atoms with Crippen molar-refractivity contribution in [2.24, 2.45) is 0 Å². The van der Waals surface area contributed by atoms with Crippen LogP contribution in [0.5, 0.6) is 0 Å². The number of hydrogen-bond acceptors (Lipinski definition) is 7. The molecular formula is C25H25BrN6O4. The van der Waals surface area contributed by atoms with Gasteiger partial charge in [0.2, 0.25) is 11.9 Å². The van der Waals surface area contributed by atoms with Crippen LogP contribution in [0, 0.1) is 0 Å². The number of benzene rings is 2. The lowest BCUT2D eigenvalue weighted by molar-refractivity contribution is -0.141. The van der Waals surface area contributed by atoms with Gasteiger partial charge in [0.05, 0.1) is 22.1 Å². The third kappa shape index (κ3) is 5.98. The number of carbonyl (C=O) groups excluding carboxylic acids is 2. The molecule has 1 aromatic heterocycles. The first-order chi connectivity index (χ1) is 17.3. The molecule has 11 heteroatoms. The minimum absolute atomic E-state index is 0.00910. The summed E-state index contributed by atoms with van der Waals surface area (Å²) in [6.07, 6.45) is 2.15. The minimum atomic E-state index is -0.972. The maximum atomic E-state index is 12.3. The summed E-state index contributed by atoms with van der Waals surface area (Å²) in [7, 11) is 1.58. The Kier molecular flexibility index (Phi) is 7.79. The van der Waals surface area contributed by atoms with Crippen molar-refractivity contribution in [2.75, 3.05) is 24.2 Å². The van der Waals surface area contributed by atoms with E-state index in [-0.39, 0.29) is 24.7 Å². The molecule has 0 atom stereocenters. The monoisotopic (exact) mass is 552 g/mol. The maximum absolute atomic E-state index is 12.3. The minimum Gasteiger partial charge on any atom is -0.481 e. The van der Waals surface area contributed by atoms with Gasteiger partial charge in [-0.05, 0) is 57.7 Å². The first-order valence-corrected chi connectivity index (χ1v) is 12.1. The van der Waals surface area contributed by atoms with Crippen molar-refractivity contribution in [1.29, 1.82) is 0 Å². The van der Waals surface area contributed by atoms with E-state index in [1.807, 2.05) is 24.3 Å². The topological polar surface area (TPSA) is 137 Å². The number of nitrogens with zero attached hydrogens (tertiary/aromatic N) is 3. The molecule has 0 fully saturated rings. The number of aliphatic carboxylic acids is 1. The van der Waals surface area contributed by atoms with Crippen LogP contribution in [0.1, 0.15) is 34.3 Å². The molecule has 36 heavy (non-hydrogen) atoms. The number of anilines is 4. The van der Waals surface area contributed by atoms with Crippen LogP contribution in [0.15, 0.2) is 53.1 Å². The molecule has 0 saturated carbocycles. The molecular weight excluding hydrogens is 528 g/mol. The number of aromatic nitrogens is 2. The van der Waals surface area contributed by atoms with Crippen LogP contribution >= 0.6 is 15.9 Å². The molecule has 2 amide bonds. The van der Waals surface area contributed by atoms with Crippen LogP contribution in [0.4, 0.5) is 23.1 Å². The number of halogens is 1. The number of carboxylic acids is 1. The average Bonchev–Trinajstić information content (AvgIpc) is 2.88. The number of amides is 2. The average molecular weight is 553 g/mol. The summed E-state index contributed by atoms with van der Waals surface area (Å²) in [6.45, 7) is 1.00. The molecule has 2 aromatic carbocycles. The molecule has 0 aliphatic carbocycles. The van der Waals surface area contributed by atoms with Crippen molar-refractivity contribution in [1.82, 2.24) is 20.2 Å². The molecule has 0 radical (unpaired) electrons. The molecule has 0 spiro atoms. The van der Waals surface area contributed by atoms with Gasteiger partial charge in [-0.25, -0.2) is 4.98 Å². The van der Waals surface area contributed by atoms with Crippen LogP contribution in [-0.2, 0) is 22.6 Å². The van der Waals surface area contributed by atoms with Crippen LogP contribution in [0.3, 0.4) is 0 Å². The third-order valence-corrected chi connectivity index (χ3v) is 6.36. The number of carboxylic acid groups (broad SMARTS) is 1. The Balaban J connectivity index is 1.47. The largest absolute Gasteiger partial charge is 0.481 e. The summed E-state index contributed by atoms with van der Waals surface area (Å²) < 4.78 is 0.637. The summed E-state index contributed by atoms with van der Waals surface area (Å²) >= 11 is 3.46. The second kappa shape index (κ2) is 11.2. The molecule has 1 aliphatic rings. The Morgan fingerprint density at radius 2 is 1.89 bits per heavy atom. The molecule has 4 N–H and O–H groups in total. The standard InChI is InChI=1S/C25H25BrN6O4/c1-27-24(36)18-4-2-3-5-20(18)30-23-19(26)13-28-25(31-23)29-17-7-6-16-14-32(11-10-15(16)12-17)21(33)8-9-22(34)35/h2-7,12-13H,8-11,14H2,1H3,(H,27,36)(H,34,35)(H2,28,29,30,31). The summed E-state index contributed by atoms with van der Waals surface area (Å²) in [4.78, 5) is 45.8. The van der Waals surface area contributed by atoms with Gasteiger partial charge in [-0.3, -0.25) is 14.4 Å². The Morgan fingerprint density at radius 1 is 1.08 bits per heavy atom. The zero-order valence-corrected chi connectivity index (χ0v) is 21.1. The van der Waals surface area contributed by atoms with Crippen molar-refractivity contribution in [3.8, 4) is 0 Å². The fourth-order valence-corrected chi connectivity index (χ4v) is 4.20. The van der Waals surface area contributed by atoms with E-state index in [1.165, 1.54) is 0 Å². The van der Waals surface area contributed by atoms with Crippen LogP contribution in [0.2, 0.25) is 0 Å². The van der Waals surface area contributed by atoms with Gasteiger partial charge in [-0.2, -0.15) is 4.98 Å². The second-order valence-electron chi connectivity index (χ2n) is 8.21. The van der Waals surface area contributed by atoms with E-state index in [1.54, 1.807) is 36.3 Å². The second-order valence-corrected chi connectivity index (χ2v) is 9.06. The summed E-state index contributed by atoms with van der Waals surface area (Å²) in [5.74, 6) is -0.457. The van der Waals surface area contributed by atoms with Gasteiger partial charge in [-0.15, -0.1) is 0 Å². The fraction of sp³-hybridized carbons (Fsp3) is 0.240. The predicted molar refractivity (Wildman–Crippen MR) is 139 cm³/mol. The lowest BCUT2D eigenvalue weighted by Gasteiger charge is -2.29. The Bertz CT molecular complexity index is 1320. The Hall–Kier alpha value is -3.99. The summed E-state index contributed by atoms with van der Waals surface area (Å²) in [6, 6.07) is 13.0. The summed E-state index contributed by atoms with van der Waals surface area (Å²) in [5.41, 5.74) is 4.04. The van der Waals surface area contributed by atoms with E-state index in [2.05, 4.69) is 41.8 Å². The van der Waals surface area contributed by atoms with Crippen molar-refractivity contribution in [3.63, 3.8) is 0 Å². The smallest absolute Gasteiger partial charge is 0.303 e. The highest BCUT2D eigenvalue weighted by molar-refractivity contribution is 9.10. The van der Waals surface area contributed by atoms with Crippen LogP contribution in [-0.4, -0.2) is 51.4 Å². The number of carbonyl (C=O) groups is 3. The SMILES string of the molecule is CNC(=O)c1ccccc1Nc1nc(Nc2ccc3c(c2)CCN(C(=O)CCC(=O)O)C3)ncc1Br. The Morgan fingerprint density at radius 3 is 2.67 bits per heavy atom. The molecule has 4 rings (SSSR count). The van der Waals surface area contributed by atoms with Crippen molar-refractivity contribution < 1.29 is 19.5 Å². The van der Waals surface area contributed by atoms with Gasteiger partial charge in [0.1, 0.15) is 5.82 Å². The Labute approximate surface area is 216 Å². The molecule has 2 heterocycles. The van der Waals surface area contributed by atoms with Gasteiger partial charge in [0.15, 0.2) is 0 Å². The quantitative estimate of drug-likeness (QED) is 0.331. The van der Waals surface area contributed by atoms with Crippen LogP contribution in [0.25, 0.3) is 0 Å². The van der Waals surface area contributed by atoms with E-state index in [4.69, 9.17) is 5.11 Å². The molecule has 1 aliphatic heterocycles. The number of para-hydroxylation sites is 1. The maximum Gasteiger partial charge on any atom is 0.303 e. The molecule has 10 nitrogen and oxygen atoms in total. The predicted octanol–water partition coefficient (Wildman–Crippen LogP) is 3.84. The number of rotatable bonds is 8. The van der Waals surface area contributed by atoms with E-state index in [0.717, 1.165) is 16.8 Å². The van der Waals surface area contributed by atoms with Crippen molar-refractivity contribution in [2.45, 2.75) is 25.8 Å². The van der Waals surface area contributed by atoms with E-state index in [0.29, 0.717) is 47.0 Å². The molecule has 186 valence electrons. The van der Waals surface area contributed by atoms with Gasteiger partial charge < -0.3 is 26.0 Å². The molecule has 0 saturated heterocycles. The number of fused-ring (bicyclic) bond motifs is 1. The van der Waals surface area contributed by atoms with Gasteiger partial charge >= 0.3 is 5.97 Å². The van der Waals surface area contributed by atoms with Crippen molar-refractivity contribution in [3.05, 3.63) is 69.8 Å². The van der Waals surface area contributed by atoms with Gasteiger partial charge in [0, 0.05) is 38.4 Å². The van der Waals surface area contributed by atoms with E-state index in [9.17, 15) is 14.4 Å². The normalized spacial score (nSPS) is 12.4. The molecule has 0 unspecified atom stereocenters. The van der Waals surface area contributed by atoms with E-state index < -0.39 is 5.97 Å². The molecule has 3 aromatic rings. The van der Waals surface area contributed by atoms with Crippen LogP contribution < -0.4 is 16.0 Å². The lowest BCUT2D eigenvalue weighted by Crippen LogP contribution is -2.36. The van der Waals surface area contributed by atoms with Crippen molar-refractivity contribution >= 4 is 56.9 Å². The molecule has 0 bridgehead atoms. The highest BCUT2D eigenvalue weighted by Crippen LogP contribution is 2.28. The van der Waals surface area contributed by atoms with Gasteiger partial charge in [0.25, 0.3) is 5.91 Å². The van der Waals surface area contributed by atoms with Gasteiger partial charge in [-0.1, -0.05) is 18.2 Å². The zero-order valence-electron chi connectivity index (χ0n) is 19.5. The summed E-state index contributed by atoms with van der Waals surface area (Å²) in [5, 5.41) is 17.8.